The lowest BCUT2D eigenvalue weighted by atomic mass is 10.1. The van der Waals surface area contributed by atoms with E-state index in [2.05, 4.69) is 4.98 Å². The second-order valence-electron chi connectivity index (χ2n) is 4.21. The maximum atomic E-state index is 11.7. The van der Waals surface area contributed by atoms with Crippen molar-refractivity contribution in [3.05, 3.63) is 40.2 Å². The number of fused-ring (bicyclic) bond motifs is 1. The maximum Gasteiger partial charge on any atom is 0.311 e. The van der Waals surface area contributed by atoms with Gasteiger partial charge in [-0.1, -0.05) is 0 Å². The summed E-state index contributed by atoms with van der Waals surface area (Å²) in [7, 11) is 0. The summed E-state index contributed by atoms with van der Waals surface area (Å²) < 4.78 is 1.09. The number of pyridine rings is 1. The van der Waals surface area contributed by atoms with E-state index in [-0.39, 0.29) is 5.78 Å². The Morgan fingerprint density at radius 2 is 2.10 bits per heavy atom. The Hall–Kier alpha value is -2.05. The minimum absolute atomic E-state index is 0.362. The van der Waals surface area contributed by atoms with E-state index in [1.165, 1.54) is 11.3 Å². The van der Waals surface area contributed by atoms with Crippen molar-refractivity contribution in [2.24, 2.45) is 0 Å². The number of carbonyl (C=O) groups excluding carboxylic acids is 1. The van der Waals surface area contributed by atoms with E-state index >= 15 is 0 Å². The Morgan fingerprint density at radius 1 is 1.25 bits per heavy atom. The Bertz CT molecular complexity index is 803. The molecule has 3 rings (SSSR count). The molecule has 4 nitrogen and oxygen atoms in total. The molecule has 3 aromatic rings. The van der Waals surface area contributed by atoms with Crippen LogP contribution >= 0.6 is 22.7 Å². The van der Waals surface area contributed by atoms with E-state index < -0.39 is 12.4 Å². The second kappa shape index (κ2) is 5.15. The van der Waals surface area contributed by atoms with Crippen molar-refractivity contribution in [1.82, 2.24) is 4.98 Å². The molecule has 0 amide bonds. The van der Waals surface area contributed by atoms with Gasteiger partial charge < -0.3 is 5.11 Å². The van der Waals surface area contributed by atoms with Crippen molar-refractivity contribution in [1.29, 1.82) is 0 Å². The number of hydrogen-bond donors (Lipinski definition) is 1. The van der Waals surface area contributed by atoms with Crippen LogP contribution < -0.4 is 0 Å². The minimum atomic E-state index is -1.11. The first-order chi connectivity index (χ1) is 9.65. The summed E-state index contributed by atoms with van der Waals surface area (Å²) in [5.41, 5.74) is 1.87. The van der Waals surface area contributed by atoms with Gasteiger partial charge in [0.25, 0.3) is 0 Å². The lowest BCUT2D eigenvalue weighted by molar-refractivity contribution is -0.135. The zero-order valence-electron chi connectivity index (χ0n) is 10.2. The quantitative estimate of drug-likeness (QED) is 0.589. The first kappa shape index (κ1) is 13.0. The summed E-state index contributed by atoms with van der Waals surface area (Å²) in [6, 6.07) is 3.76. The summed E-state index contributed by atoms with van der Waals surface area (Å²) >= 11 is 2.88. The highest BCUT2D eigenvalue weighted by Crippen LogP contribution is 2.33. The Morgan fingerprint density at radius 3 is 2.90 bits per heavy atom. The zero-order chi connectivity index (χ0) is 14.1. The van der Waals surface area contributed by atoms with E-state index in [1.807, 2.05) is 23.0 Å². The molecule has 0 saturated carbocycles. The van der Waals surface area contributed by atoms with Crippen LogP contribution in [0.4, 0.5) is 0 Å². The van der Waals surface area contributed by atoms with Crippen molar-refractivity contribution in [2.75, 3.05) is 0 Å². The van der Waals surface area contributed by atoms with E-state index in [9.17, 15) is 9.59 Å². The molecular weight excluding hydrogens is 294 g/mol. The van der Waals surface area contributed by atoms with Crippen LogP contribution in [0.25, 0.3) is 21.2 Å². The standard InChI is InChI=1S/C14H9NO3S2/c16-11(4-14(17)18)12-3-8(7-20-12)10-5-15-6-13-9(10)1-2-19-13/h1-3,5-7H,4H2,(H,17,18). The van der Waals surface area contributed by atoms with Crippen LogP contribution in [0.1, 0.15) is 16.1 Å². The molecule has 20 heavy (non-hydrogen) atoms. The average Bonchev–Trinajstić information content (AvgIpc) is 3.06. The minimum Gasteiger partial charge on any atom is -0.481 e. The van der Waals surface area contributed by atoms with E-state index in [0.29, 0.717) is 4.88 Å². The number of carbonyl (C=O) groups is 2. The molecule has 3 heterocycles. The predicted octanol–water partition coefficient (Wildman–Crippen LogP) is 3.68. The van der Waals surface area contributed by atoms with Crippen molar-refractivity contribution in [3.8, 4) is 11.1 Å². The number of Topliss-reactive ketones (excluding diaryl/α,β-unsaturated/α-hetero) is 1. The van der Waals surface area contributed by atoms with E-state index in [1.54, 1.807) is 23.6 Å². The highest BCUT2D eigenvalue weighted by molar-refractivity contribution is 7.17. The summed E-state index contributed by atoms with van der Waals surface area (Å²) in [6.45, 7) is 0. The van der Waals surface area contributed by atoms with Crippen LogP contribution in [-0.2, 0) is 4.79 Å². The fourth-order valence-corrected chi connectivity index (χ4v) is 3.60. The predicted molar refractivity (Wildman–Crippen MR) is 79.5 cm³/mol. The van der Waals surface area contributed by atoms with E-state index in [0.717, 1.165) is 21.2 Å². The van der Waals surface area contributed by atoms with Crippen molar-refractivity contribution < 1.29 is 14.7 Å². The molecule has 0 saturated heterocycles. The average molecular weight is 303 g/mol. The van der Waals surface area contributed by atoms with Crippen LogP contribution in [0.15, 0.2) is 35.3 Å². The van der Waals surface area contributed by atoms with Crippen LogP contribution in [-0.4, -0.2) is 21.8 Å². The number of aromatic nitrogens is 1. The lowest BCUT2D eigenvalue weighted by Gasteiger charge is -1.99. The van der Waals surface area contributed by atoms with Gasteiger partial charge >= 0.3 is 5.97 Å². The zero-order valence-corrected chi connectivity index (χ0v) is 11.8. The monoisotopic (exact) mass is 303 g/mol. The van der Waals surface area contributed by atoms with Gasteiger partial charge in [-0.25, -0.2) is 0 Å². The number of nitrogens with zero attached hydrogens (tertiary/aromatic N) is 1. The molecule has 0 spiro atoms. The fraction of sp³-hybridized carbons (Fsp3) is 0.0714. The van der Waals surface area contributed by atoms with Gasteiger partial charge in [0.05, 0.1) is 9.58 Å². The topological polar surface area (TPSA) is 67.3 Å². The van der Waals surface area contributed by atoms with Crippen LogP contribution in [0, 0.1) is 0 Å². The van der Waals surface area contributed by atoms with Gasteiger partial charge in [0, 0.05) is 23.3 Å². The number of hydrogen-bond acceptors (Lipinski definition) is 5. The molecule has 0 unspecified atom stereocenters. The third kappa shape index (κ3) is 2.35. The molecule has 0 atom stereocenters. The second-order valence-corrected chi connectivity index (χ2v) is 6.07. The molecule has 0 aliphatic carbocycles. The SMILES string of the molecule is O=C(O)CC(=O)c1cc(-c2cncc3sccc23)cs1. The summed E-state index contributed by atoms with van der Waals surface area (Å²) in [4.78, 5) is 27.0. The maximum absolute atomic E-state index is 11.7. The number of aliphatic carboxylic acids is 1. The van der Waals surface area contributed by atoms with Gasteiger partial charge in [-0.15, -0.1) is 22.7 Å². The van der Waals surface area contributed by atoms with Gasteiger partial charge in [0.15, 0.2) is 5.78 Å². The number of thiophene rings is 2. The third-order valence-corrected chi connectivity index (χ3v) is 4.70. The third-order valence-electron chi connectivity index (χ3n) is 2.88. The van der Waals surface area contributed by atoms with Crippen molar-refractivity contribution >= 4 is 44.5 Å². The van der Waals surface area contributed by atoms with E-state index in [4.69, 9.17) is 5.11 Å². The molecule has 6 heteroatoms. The smallest absolute Gasteiger partial charge is 0.311 e. The molecule has 1 N–H and O–H groups in total. The molecular formula is C14H9NO3S2. The first-order valence-corrected chi connectivity index (χ1v) is 7.56. The van der Waals surface area contributed by atoms with Gasteiger partial charge in [-0.3, -0.25) is 14.6 Å². The molecule has 0 radical (unpaired) electrons. The van der Waals surface area contributed by atoms with Gasteiger partial charge in [-0.05, 0) is 28.5 Å². The van der Waals surface area contributed by atoms with Crippen LogP contribution in [0.3, 0.4) is 0 Å². The van der Waals surface area contributed by atoms with Gasteiger partial charge in [-0.2, -0.15) is 0 Å². The summed E-state index contributed by atoms with van der Waals surface area (Å²) in [5.74, 6) is -1.47. The lowest BCUT2D eigenvalue weighted by Crippen LogP contribution is -2.04. The number of carboxylic acid groups (broad SMARTS) is 1. The number of rotatable bonds is 4. The molecule has 0 aliphatic rings. The highest BCUT2D eigenvalue weighted by Gasteiger charge is 2.15. The van der Waals surface area contributed by atoms with Crippen LogP contribution in [0.5, 0.6) is 0 Å². The van der Waals surface area contributed by atoms with Crippen molar-refractivity contribution in [2.45, 2.75) is 6.42 Å². The molecule has 0 aromatic carbocycles. The molecule has 0 aliphatic heterocycles. The Labute approximate surface area is 122 Å². The Balaban J connectivity index is 2.00. The first-order valence-electron chi connectivity index (χ1n) is 5.80. The largest absolute Gasteiger partial charge is 0.481 e. The summed E-state index contributed by atoms with van der Waals surface area (Å²) in [5, 5.41) is 13.6. The van der Waals surface area contributed by atoms with Crippen molar-refractivity contribution in [3.63, 3.8) is 0 Å². The molecule has 0 bridgehead atoms. The molecule has 100 valence electrons. The Kier molecular flexibility index (Phi) is 3.33. The fourth-order valence-electron chi connectivity index (χ4n) is 1.97. The summed E-state index contributed by atoms with van der Waals surface area (Å²) in [6.07, 6.45) is 3.11. The van der Waals surface area contributed by atoms with Gasteiger partial charge in [0.1, 0.15) is 6.42 Å². The molecule has 3 aromatic heterocycles. The highest BCUT2D eigenvalue weighted by atomic mass is 32.1. The normalized spacial score (nSPS) is 10.8. The van der Waals surface area contributed by atoms with Gasteiger partial charge in [0.2, 0.25) is 0 Å². The number of ketones is 1. The van der Waals surface area contributed by atoms with Crippen LogP contribution in [0.2, 0.25) is 0 Å². The number of carboxylic acids is 1. The molecule has 0 fully saturated rings.